The predicted octanol–water partition coefficient (Wildman–Crippen LogP) is 5.20. The molecule has 3 aromatic carbocycles. The average Bonchev–Trinajstić information content (AvgIpc) is 3.17. The number of nitrogens with one attached hydrogen (secondary N) is 1. The van der Waals surface area contributed by atoms with E-state index in [0.29, 0.717) is 11.6 Å². The molecule has 0 saturated carbocycles. The van der Waals surface area contributed by atoms with Gasteiger partial charge in [-0.1, -0.05) is 72.8 Å². The molecule has 0 aliphatic heterocycles. The van der Waals surface area contributed by atoms with Crippen LogP contribution in [0.4, 0.5) is 11.6 Å². The average molecular weight is 363 g/mol. The maximum atomic E-state index is 4.70. The quantitative estimate of drug-likeness (QED) is 0.477. The highest BCUT2D eigenvalue weighted by molar-refractivity contribution is 5.87. The monoisotopic (exact) mass is 363 g/mol. The van der Waals surface area contributed by atoms with Crippen LogP contribution in [0, 0.1) is 0 Å². The van der Waals surface area contributed by atoms with Gasteiger partial charge in [0.1, 0.15) is 5.69 Å². The first-order valence-electron chi connectivity index (χ1n) is 9.07. The van der Waals surface area contributed by atoms with Crippen LogP contribution in [0.3, 0.4) is 0 Å². The van der Waals surface area contributed by atoms with Crippen molar-refractivity contribution in [1.82, 2.24) is 19.6 Å². The molecule has 134 valence electrons. The van der Waals surface area contributed by atoms with Gasteiger partial charge in [0.05, 0.1) is 0 Å². The lowest BCUT2D eigenvalue weighted by Crippen LogP contribution is -1.94. The lowest BCUT2D eigenvalue weighted by Gasteiger charge is -2.09. The zero-order valence-corrected chi connectivity index (χ0v) is 15.0. The molecule has 0 unspecified atom stereocenters. The Morgan fingerprint density at radius 2 is 1.39 bits per heavy atom. The highest BCUT2D eigenvalue weighted by Gasteiger charge is 2.14. The summed E-state index contributed by atoms with van der Waals surface area (Å²) in [6.45, 7) is 0. The molecule has 0 aliphatic rings. The molecule has 2 heterocycles. The van der Waals surface area contributed by atoms with Gasteiger partial charge >= 0.3 is 0 Å². The normalized spacial score (nSPS) is 10.9. The summed E-state index contributed by atoms with van der Waals surface area (Å²) in [5, 5.41) is 7.80. The molecule has 2 aromatic heterocycles. The van der Waals surface area contributed by atoms with Crippen molar-refractivity contribution >= 4 is 17.3 Å². The maximum absolute atomic E-state index is 4.70. The van der Waals surface area contributed by atoms with Gasteiger partial charge in [-0.2, -0.15) is 4.98 Å². The molecule has 0 fully saturated rings. The Morgan fingerprint density at radius 1 is 0.714 bits per heavy atom. The van der Waals surface area contributed by atoms with E-state index in [4.69, 9.17) is 4.98 Å². The van der Waals surface area contributed by atoms with Crippen LogP contribution in [0.5, 0.6) is 0 Å². The molecule has 5 rings (SSSR count). The van der Waals surface area contributed by atoms with E-state index < -0.39 is 0 Å². The first-order valence-corrected chi connectivity index (χ1v) is 9.07. The summed E-state index contributed by atoms with van der Waals surface area (Å²) in [5.41, 5.74) is 5.74. The summed E-state index contributed by atoms with van der Waals surface area (Å²) in [6.07, 6.45) is 3.57. The summed E-state index contributed by atoms with van der Waals surface area (Å²) >= 11 is 0. The van der Waals surface area contributed by atoms with Crippen LogP contribution in [-0.2, 0) is 0 Å². The molecule has 0 saturated heterocycles. The number of hydrogen-bond acceptors (Lipinski definition) is 4. The van der Waals surface area contributed by atoms with Crippen molar-refractivity contribution in [3.8, 4) is 22.4 Å². The van der Waals surface area contributed by atoms with Crippen molar-refractivity contribution in [3.63, 3.8) is 0 Å². The van der Waals surface area contributed by atoms with E-state index in [1.807, 2.05) is 66.9 Å². The number of anilines is 2. The van der Waals surface area contributed by atoms with Crippen molar-refractivity contribution in [1.29, 1.82) is 0 Å². The van der Waals surface area contributed by atoms with Crippen molar-refractivity contribution in [2.45, 2.75) is 0 Å². The third-order valence-electron chi connectivity index (χ3n) is 4.55. The first kappa shape index (κ1) is 16.2. The molecule has 0 aliphatic carbocycles. The Bertz CT molecular complexity index is 1230. The summed E-state index contributed by atoms with van der Waals surface area (Å²) in [6, 6.07) is 28.4. The smallest absolute Gasteiger partial charge is 0.247 e. The van der Waals surface area contributed by atoms with Crippen molar-refractivity contribution in [2.75, 3.05) is 5.32 Å². The fourth-order valence-electron chi connectivity index (χ4n) is 3.27. The molecule has 0 radical (unpaired) electrons. The topological polar surface area (TPSA) is 55.1 Å². The fourth-order valence-corrected chi connectivity index (χ4v) is 3.27. The Balaban J connectivity index is 1.63. The zero-order chi connectivity index (χ0) is 18.8. The van der Waals surface area contributed by atoms with E-state index >= 15 is 0 Å². The number of para-hydroxylation sites is 1. The lowest BCUT2D eigenvalue weighted by molar-refractivity contribution is 0.952. The van der Waals surface area contributed by atoms with Gasteiger partial charge in [0.2, 0.25) is 5.95 Å². The lowest BCUT2D eigenvalue weighted by atomic mass is 9.98. The van der Waals surface area contributed by atoms with E-state index in [2.05, 4.69) is 39.7 Å². The standard InChI is InChI=1S/C23H17N5/c1-3-9-17(10-4-1)19-13-7-8-14-20(19)21-22-26-23(27-28(22)16-15-24-21)25-18-11-5-2-6-12-18/h1-16H,(H,25,27). The Morgan fingerprint density at radius 3 is 2.18 bits per heavy atom. The molecule has 1 N–H and O–H groups in total. The van der Waals surface area contributed by atoms with Crippen LogP contribution in [0.25, 0.3) is 28.0 Å². The molecule has 0 amide bonds. The summed E-state index contributed by atoms with van der Waals surface area (Å²) in [7, 11) is 0. The van der Waals surface area contributed by atoms with Crippen LogP contribution in [0.1, 0.15) is 0 Å². The Labute approximate surface area is 162 Å². The number of aromatic nitrogens is 4. The Kier molecular flexibility index (Phi) is 4.03. The highest BCUT2D eigenvalue weighted by atomic mass is 15.3. The van der Waals surface area contributed by atoms with E-state index in [0.717, 1.165) is 28.1 Å². The maximum Gasteiger partial charge on any atom is 0.247 e. The number of benzene rings is 3. The number of rotatable bonds is 4. The second-order valence-electron chi connectivity index (χ2n) is 6.38. The molecular weight excluding hydrogens is 346 g/mol. The number of hydrogen-bond donors (Lipinski definition) is 1. The minimum atomic E-state index is 0.539. The van der Waals surface area contributed by atoms with Crippen molar-refractivity contribution < 1.29 is 0 Å². The van der Waals surface area contributed by atoms with Gasteiger partial charge in [0.25, 0.3) is 0 Å². The summed E-state index contributed by atoms with van der Waals surface area (Å²) in [4.78, 5) is 9.33. The molecule has 0 spiro atoms. The molecule has 5 aromatic rings. The van der Waals surface area contributed by atoms with Crippen LogP contribution in [-0.4, -0.2) is 19.6 Å². The largest absolute Gasteiger partial charge is 0.323 e. The van der Waals surface area contributed by atoms with Gasteiger partial charge in [0.15, 0.2) is 5.65 Å². The van der Waals surface area contributed by atoms with Gasteiger partial charge in [-0.15, -0.1) is 5.10 Å². The second-order valence-corrected chi connectivity index (χ2v) is 6.38. The molecule has 5 heteroatoms. The van der Waals surface area contributed by atoms with Gasteiger partial charge in [-0.3, -0.25) is 4.98 Å². The van der Waals surface area contributed by atoms with Crippen LogP contribution in [0.15, 0.2) is 97.3 Å². The molecular formula is C23H17N5. The third-order valence-corrected chi connectivity index (χ3v) is 4.55. The predicted molar refractivity (Wildman–Crippen MR) is 111 cm³/mol. The molecule has 0 bridgehead atoms. The van der Waals surface area contributed by atoms with Gasteiger partial charge in [0, 0.05) is 23.6 Å². The minimum Gasteiger partial charge on any atom is -0.323 e. The molecule has 5 nitrogen and oxygen atoms in total. The van der Waals surface area contributed by atoms with Gasteiger partial charge in [-0.05, 0) is 23.3 Å². The Hall–Kier alpha value is -3.99. The van der Waals surface area contributed by atoms with Crippen molar-refractivity contribution in [2.24, 2.45) is 0 Å². The van der Waals surface area contributed by atoms with E-state index in [-0.39, 0.29) is 0 Å². The third kappa shape index (κ3) is 2.99. The van der Waals surface area contributed by atoms with Crippen LogP contribution in [0.2, 0.25) is 0 Å². The molecule has 0 atom stereocenters. The number of fused-ring (bicyclic) bond motifs is 1. The SMILES string of the molecule is c1ccc(Nc2nc3c(-c4ccccc4-c4ccccc4)nccn3n2)cc1. The van der Waals surface area contributed by atoms with Crippen LogP contribution >= 0.6 is 0 Å². The van der Waals surface area contributed by atoms with E-state index in [1.54, 1.807) is 10.7 Å². The highest BCUT2D eigenvalue weighted by Crippen LogP contribution is 2.32. The summed E-state index contributed by atoms with van der Waals surface area (Å²) in [5.74, 6) is 0.539. The van der Waals surface area contributed by atoms with E-state index in [9.17, 15) is 0 Å². The number of nitrogens with zero attached hydrogens (tertiary/aromatic N) is 4. The van der Waals surface area contributed by atoms with E-state index in [1.165, 1.54) is 0 Å². The van der Waals surface area contributed by atoms with Gasteiger partial charge < -0.3 is 5.32 Å². The summed E-state index contributed by atoms with van der Waals surface area (Å²) < 4.78 is 1.76. The van der Waals surface area contributed by atoms with Crippen molar-refractivity contribution in [3.05, 3.63) is 97.3 Å². The van der Waals surface area contributed by atoms with Gasteiger partial charge in [-0.25, -0.2) is 4.52 Å². The second kappa shape index (κ2) is 6.96. The van der Waals surface area contributed by atoms with Crippen LogP contribution < -0.4 is 5.32 Å². The first-order chi connectivity index (χ1) is 13.9. The fraction of sp³-hybridized carbons (Fsp3) is 0. The molecule has 28 heavy (non-hydrogen) atoms. The minimum absolute atomic E-state index is 0.539. The zero-order valence-electron chi connectivity index (χ0n) is 15.0.